The second kappa shape index (κ2) is 6.53. The van der Waals surface area contributed by atoms with Gasteiger partial charge in [0.2, 0.25) is 0 Å². The Kier molecular flexibility index (Phi) is 4.74. The second-order valence-electron chi connectivity index (χ2n) is 5.18. The molecule has 7 nitrogen and oxygen atoms in total. The molecular formula is C14H18N2O5. The molecule has 1 fully saturated rings. The van der Waals surface area contributed by atoms with Crippen molar-refractivity contribution in [3.05, 3.63) is 33.9 Å². The zero-order valence-electron chi connectivity index (χ0n) is 11.7. The van der Waals surface area contributed by atoms with Crippen LogP contribution < -0.4 is 10.1 Å². The zero-order chi connectivity index (χ0) is 15.4. The third-order valence-corrected chi connectivity index (χ3v) is 3.71. The molecule has 0 saturated heterocycles. The van der Waals surface area contributed by atoms with Gasteiger partial charge < -0.3 is 15.2 Å². The van der Waals surface area contributed by atoms with Gasteiger partial charge in [-0.2, -0.15) is 0 Å². The van der Waals surface area contributed by atoms with Gasteiger partial charge in [0.15, 0.2) is 0 Å². The lowest BCUT2D eigenvalue weighted by molar-refractivity contribution is -0.384. The standard InChI is InChI=1S/C14H18N2O5/c1-21-13-7-10(16(19)20)3-5-12(13)14(18)15-8-9-2-4-11(17)6-9/h3,5,7,9,11,17H,2,4,6,8H2,1H3,(H,15,18). The van der Waals surface area contributed by atoms with Gasteiger partial charge >= 0.3 is 0 Å². The molecular weight excluding hydrogens is 276 g/mol. The number of ether oxygens (including phenoxy) is 1. The van der Waals surface area contributed by atoms with Crippen molar-refractivity contribution in [2.45, 2.75) is 25.4 Å². The summed E-state index contributed by atoms with van der Waals surface area (Å²) in [6.07, 6.45) is 2.07. The summed E-state index contributed by atoms with van der Waals surface area (Å²) in [4.78, 5) is 22.3. The largest absolute Gasteiger partial charge is 0.496 e. The van der Waals surface area contributed by atoms with Crippen LogP contribution in [0.1, 0.15) is 29.6 Å². The molecule has 114 valence electrons. The van der Waals surface area contributed by atoms with Gasteiger partial charge in [-0.1, -0.05) is 0 Å². The summed E-state index contributed by atoms with van der Waals surface area (Å²) >= 11 is 0. The molecule has 1 amide bonds. The van der Waals surface area contributed by atoms with Crippen LogP contribution in [0.2, 0.25) is 0 Å². The molecule has 7 heteroatoms. The molecule has 1 aromatic rings. The van der Waals surface area contributed by atoms with Gasteiger partial charge in [-0.05, 0) is 31.2 Å². The molecule has 0 heterocycles. The van der Waals surface area contributed by atoms with E-state index in [1.807, 2.05) is 0 Å². The number of aliphatic hydroxyl groups excluding tert-OH is 1. The molecule has 2 rings (SSSR count). The third-order valence-electron chi connectivity index (χ3n) is 3.71. The molecule has 1 saturated carbocycles. The van der Waals surface area contributed by atoms with Gasteiger partial charge in [0, 0.05) is 12.6 Å². The highest BCUT2D eigenvalue weighted by Crippen LogP contribution is 2.26. The number of hydrogen-bond acceptors (Lipinski definition) is 5. The number of methoxy groups -OCH3 is 1. The summed E-state index contributed by atoms with van der Waals surface area (Å²) in [5.41, 5.74) is 0.143. The number of hydrogen-bond donors (Lipinski definition) is 2. The number of nitrogens with zero attached hydrogens (tertiary/aromatic N) is 1. The van der Waals surface area contributed by atoms with E-state index in [-0.39, 0.29) is 34.9 Å². The molecule has 1 aliphatic rings. The first kappa shape index (κ1) is 15.2. The van der Waals surface area contributed by atoms with Crippen LogP contribution in [0.15, 0.2) is 18.2 Å². The van der Waals surface area contributed by atoms with E-state index in [0.29, 0.717) is 13.0 Å². The maximum absolute atomic E-state index is 12.1. The maximum atomic E-state index is 12.1. The first-order valence-corrected chi connectivity index (χ1v) is 6.80. The van der Waals surface area contributed by atoms with Crippen molar-refractivity contribution in [2.75, 3.05) is 13.7 Å². The monoisotopic (exact) mass is 294 g/mol. The van der Waals surface area contributed by atoms with E-state index in [0.717, 1.165) is 12.8 Å². The van der Waals surface area contributed by atoms with Crippen LogP contribution >= 0.6 is 0 Å². The van der Waals surface area contributed by atoms with Gasteiger partial charge in [-0.25, -0.2) is 0 Å². The highest BCUT2D eigenvalue weighted by molar-refractivity contribution is 5.97. The average molecular weight is 294 g/mol. The average Bonchev–Trinajstić information content (AvgIpc) is 2.89. The summed E-state index contributed by atoms with van der Waals surface area (Å²) in [6, 6.07) is 3.89. The summed E-state index contributed by atoms with van der Waals surface area (Å²) in [5, 5.41) is 22.9. The number of non-ortho nitro benzene ring substituents is 1. The summed E-state index contributed by atoms with van der Waals surface area (Å²) in [7, 11) is 1.36. The minimum atomic E-state index is -0.538. The Bertz CT molecular complexity index is 546. The minimum Gasteiger partial charge on any atom is -0.496 e. The van der Waals surface area contributed by atoms with Crippen LogP contribution in [0.4, 0.5) is 5.69 Å². The number of benzene rings is 1. The van der Waals surface area contributed by atoms with E-state index in [9.17, 15) is 20.0 Å². The number of aliphatic hydroxyl groups is 1. The van der Waals surface area contributed by atoms with E-state index >= 15 is 0 Å². The highest BCUT2D eigenvalue weighted by Gasteiger charge is 2.24. The van der Waals surface area contributed by atoms with Crippen LogP contribution in [0.3, 0.4) is 0 Å². The van der Waals surface area contributed by atoms with E-state index in [4.69, 9.17) is 4.74 Å². The topological polar surface area (TPSA) is 102 Å². The Labute approximate surface area is 122 Å². The normalized spacial score (nSPS) is 21.0. The molecule has 2 N–H and O–H groups in total. The second-order valence-corrected chi connectivity index (χ2v) is 5.18. The van der Waals surface area contributed by atoms with Crippen molar-refractivity contribution in [1.29, 1.82) is 0 Å². The zero-order valence-corrected chi connectivity index (χ0v) is 11.7. The van der Waals surface area contributed by atoms with Crippen molar-refractivity contribution >= 4 is 11.6 Å². The van der Waals surface area contributed by atoms with Crippen LogP contribution in [-0.4, -0.2) is 35.7 Å². The van der Waals surface area contributed by atoms with Crippen LogP contribution in [-0.2, 0) is 0 Å². The molecule has 0 aliphatic heterocycles. The molecule has 21 heavy (non-hydrogen) atoms. The summed E-state index contributed by atoms with van der Waals surface area (Å²) in [5.74, 6) is 0.115. The quantitative estimate of drug-likeness (QED) is 0.633. The number of amides is 1. The summed E-state index contributed by atoms with van der Waals surface area (Å²) in [6.45, 7) is 0.482. The first-order valence-electron chi connectivity index (χ1n) is 6.80. The van der Waals surface area contributed by atoms with Crippen molar-refractivity contribution in [1.82, 2.24) is 5.32 Å². The number of carbonyl (C=O) groups excluding carboxylic acids is 1. The van der Waals surface area contributed by atoms with Crippen LogP contribution in [0.5, 0.6) is 5.75 Å². The van der Waals surface area contributed by atoms with Crippen molar-refractivity contribution in [3.8, 4) is 5.75 Å². The van der Waals surface area contributed by atoms with Gasteiger partial charge in [-0.15, -0.1) is 0 Å². The maximum Gasteiger partial charge on any atom is 0.273 e. The van der Waals surface area contributed by atoms with E-state index in [2.05, 4.69) is 5.32 Å². The van der Waals surface area contributed by atoms with Gasteiger partial charge in [0.1, 0.15) is 5.75 Å². The molecule has 2 unspecified atom stereocenters. The Morgan fingerprint density at radius 3 is 2.86 bits per heavy atom. The number of nitro benzene ring substituents is 1. The lowest BCUT2D eigenvalue weighted by atomic mass is 10.1. The fraction of sp³-hybridized carbons (Fsp3) is 0.500. The number of nitro groups is 1. The van der Waals surface area contributed by atoms with Gasteiger partial charge in [0.25, 0.3) is 11.6 Å². The van der Waals surface area contributed by atoms with Crippen molar-refractivity contribution in [2.24, 2.45) is 5.92 Å². The van der Waals surface area contributed by atoms with Crippen LogP contribution in [0.25, 0.3) is 0 Å². The fourth-order valence-electron chi connectivity index (χ4n) is 2.55. The predicted octanol–water partition coefficient (Wildman–Crippen LogP) is 1.49. The van der Waals surface area contributed by atoms with Gasteiger partial charge in [-0.3, -0.25) is 14.9 Å². The Balaban J connectivity index is 2.03. The molecule has 0 bridgehead atoms. The molecule has 0 aromatic heterocycles. The number of carbonyl (C=O) groups is 1. The number of rotatable bonds is 5. The summed E-state index contributed by atoms with van der Waals surface area (Å²) < 4.78 is 5.04. The van der Waals surface area contributed by atoms with E-state index in [1.165, 1.54) is 25.3 Å². The van der Waals surface area contributed by atoms with E-state index in [1.54, 1.807) is 0 Å². The molecule has 1 aliphatic carbocycles. The third kappa shape index (κ3) is 3.69. The Morgan fingerprint density at radius 2 is 2.29 bits per heavy atom. The fourth-order valence-corrected chi connectivity index (χ4v) is 2.55. The molecule has 2 atom stereocenters. The highest BCUT2D eigenvalue weighted by atomic mass is 16.6. The van der Waals surface area contributed by atoms with Gasteiger partial charge in [0.05, 0.1) is 29.8 Å². The van der Waals surface area contributed by atoms with Crippen molar-refractivity contribution in [3.63, 3.8) is 0 Å². The van der Waals surface area contributed by atoms with Crippen LogP contribution in [0, 0.1) is 16.0 Å². The minimum absolute atomic E-state index is 0.123. The van der Waals surface area contributed by atoms with E-state index < -0.39 is 4.92 Å². The Hall–Kier alpha value is -2.15. The lowest BCUT2D eigenvalue weighted by Crippen LogP contribution is -2.29. The molecule has 1 aromatic carbocycles. The predicted molar refractivity (Wildman–Crippen MR) is 75.3 cm³/mol. The lowest BCUT2D eigenvalue weighted by Gasteiger charge is -2.12. The molecule has 0 spiro atoms. The number of nitrogens with one attached hydrogen (secondary N) is 1. The first-order chi connectivity index (χ1) is 10.0. The molecule has 0 radical (unpaired) electrons. The van der Waals surface area contributed by atoms with Crippen molar-refractivity contribution < 1.29 is 19.6 Å². The Morgan fingerprint density at radius 1 is 1.52 bits per heavy atom. The smallest absolute Gasteiger partial charge is 0.273 e. The SMILES string of the molecule is COc1cc([N+](=O)[O-])ccc1C(=O)NCC1CCC(O)C1.